The van der Waals surface area contributed by atoms with Crippen LogP contribution in [0.1, 0.15) is 5.56 Å². The highest BCUT2D eigenvalue weighted by atomic mass is 79.9. The van der Waals surface area contributed by atoms with Crippen molar-refractivity contribution in [2.45, 2.75) is 0 Å². The highest BCUT2D eigenvalue weighted by Crippen LogP contribution is 2.37. The molecule has 0 radical (unpaired) electrons. The minimum atomic E-state index is -0.655. The van der Waals surface area contributed by atoms with Crippen molar-refractivity contribution in [3.63, 3.8) is 0 Å². The summed E-state index contributed by atoms with van der Waals surface area (Å²) in [6, 6.07) is 8.80. The molecule has 4 aromatic rings. The van der Waals surface area contributed by atoms with E-state index in [2.05, 4.69) is 31.0 Å². The molecule has 0 aliphatic carbocycles. The molecule has 0 aliphatic rings. The number of nitrogens with zero attached hydrogens (tertiary/aromatic N) is 2. The van der Waals surface area contributed by atoms with Crippen molar-refractivity contribution < 1.29 is 14.2 Å². The molecule has 0 saturated heterocycles. The fourth-order valence-corrected chi connectivity index (χ4v) is 3.58. The largest absolute Gasteiger partial charge is 0.493 e. The monoisotopic (exact) mass is 472 g/mol. The standard InChI is InChI=1S/C20H17BrN4O5/c1-28-14-6-10(7-15(29-2)18(14)30-3)9-22-25-19(26)17-16(24-20(25)27)12-8-11(21)4-5-13(12)23-17/h4-9,23H,1-3H3,(H,24,27)/b22-9-. The van der Waals surface area contributed by atoms with Crippen LogP contribution >= 0.6 is 15.9 Å². The molecule has 2 aromatic heterocycles. The fraction of sp³-hybridized carbons (Fsp3) is 0.150. The van der Waals surface area contributed by atoms with Crippen LogP contribution in [0.3, 0.4) is 0 Å². The SMILES string of the molecule is COc1cc(/C=N\n2c(=O)[nH]c3c([nH]c4ccc(Br)cc43)c2=O)cc(OC)c1OC. The number of H-pyrrole nitrogens is 2. The number of hydrogen-bond donors (Lipinski definition) is 2. The number of benzene rings is 2. The quantitative estimate of drug-likeness (QED) is 0.433. The van der Waals surface area contributed by atoms with E-state index < -0.39 is 11.2 Å². The van der Waals surface area contributed by atoms with Crippen molar-refractivity contribution in [3.8, 4) is 17.2 Å². The molecule has 0 amide bonds. The van der Waals surface area contributed by atoms with Gasteiger partial charge in [-0.1, -0.05) is 15.9 Å². The van der Waals surface area contributed by atoms with Crippen molar-refractivity contribution in [3.05, 3.63) is 61.2 Å². The molecular weight excluding hydrogens is 456 g/mol. The molecule has 0 bridgehead atoms. The number of hydrogen-bond acceptors (Lipinski definition) is 6. The highest BCUT2D eigenvalue weighted by Gasteiger charge is 2.14. The number of methoxy groups -OCH3 is 3. The summed E-state index contributed by atoms with van der Waals surface area (Å²) in [5.74, 6) is 1.28. The van der Waals surface area contributed by atoms with E-state index in [0.29, 0.717) is 28.3 Å². The van der Waals surface area contributed by atoms with Gasteiger partial charge in [-0.05, 0) is 30.3 Å². The molecule has 0 spiro atoms. The zero-order valence-corrected chi connectivity index (χ0v) is 17.9. The Hall–Kier alpha value is -3.53. The average Bonchev–Trinajstić information content (AvgIpc) is 3.10. The Kier molecular flexibility index (Phi) is 5.08. The molecule has 2 N–H and O–H groups in total. The first-order valence-electron chi connectivity index (χ1n) is 8.77. The third kappa shape index (κ3) is 3.24. The second kappa shape index (κ2) is 7.71. The molecule has 0 saturated carbocycles. The van der Waals surface area contributed by atoms with E-state index in [4.69, 9.17) is 14.2 Å². The Morgan fingerprint density at radius 3 is 2.30 bits per heavy atom. The van der Waals surface area contributed by atoms with E-state index in [-0.39, 0.29) is 5.52 Å². The van der Waals surface area contributed by atoms with Gasteiger partial charge in [0.2, 0.25) is 5.75 Å². The number of rotatable bonds is 5. The van der Waals surface area contributed by atoms with Crippen LogP contribution in [0.5, 0.6) is 17.2 Å². The van der Waals surface area contributed by atoms with E-state index >= 15 is 0 Å². The van der Waals surface area contributed by atoms with Crippen LogP contribution in [0.15, 0.2) is 49.5 Å². The maximum atomic E-state index is 12.9. The summed E-state index contributed by atoms with van der Waals surface area (Å²) in [5, 5.41) is 4.80. The van der Waals surface area contributed by atoms with Crippen molar-refractivity contribution in [2.24, 2.45) is 5.10 Å². The summed E-state index contributed by atoms with van der Waals surface area (Å²) in [7, 11) is 4.49. The van der Waals surface area contributed by atoms with Gasteiger partial charge in [-0.2, -0.15) is 5.10 Å². The first-order chi connectivity index (χ1) is 14.5. The van der Waals surface area contributed by atoms with E-state index in [9.17, 15) is 9.59 Å². The predicted molar refractivity (Wildman–Crippen MR) is 117 cm³/mol. The summed E-state index contributed by atoms with van der Waals surface area (Å²) in [4.78, 5) is 31.2. The smallest absolute Gasteiger partial charge is 0.350 e. The normalized spacial score (nSPS) is 11.5. The highest BCUT2D eigenvalue weighted by molar-refractivity contribution is 9.10. The van der Waals surface area contributed by atoms with Gasteiger partial charge in [0.15, 0.2) is 11.5 Å². The van der Waals surface area contributed by atoms with Crippen LogP contribution < -0.4 is 25.5 Å². The number of ether oxygens (including phenoxy) is 3. The van der Waals surface area contributed by atoms with Gasteiger partial charge >= 0.3 is 11.2 Å². The van der Waals surface area contributed by atoms with Crippen LogP contribution in [0, 0.1) is 0 Å². The number of aromatic nitrogens is 3. The van der Waals surface area contributed by atoms with Crippen LogP contribution in [0.25, 0.3) is 21.9 Å². The number of nitrogens with one attached hydrogen (secondary N) is 2. The second-order valence-electron chi connectivity index (χ2n) is 6.32. The lowest BCUT2D eigenvalue weighted by Gasteiger charge is -2.12. The van der Waals surface area contributed by atoms with Gasteiger partial charge < -0.3 is 24.2 Å². The van der Waals surface area contributed by atoms with Crippen molar-refractivity contribution >= 4 is 44.1 Å². The Balaban J connectivity index is 1.85. The maximum Gasteiger partial charge on any atom is 0.350 e. The maximum absolute atomic E-state index is 12.9. The summed E-state index contributed by atoms with van der Waals surface area (Å²) in [6.45, 7) is 0. The van der Waals surface area contributed by atoms with E-state index in [1.807, 2.05) is 18.2 Å². The zero-order valence-electron chi connectivity index (χ0n) is 16.3. The van der Waals surface area contributed by atoms with Gasteiger partial charge in [0.25, 0.3) is 0 Å². The molecule has 2 aromatic carbocycles. The molecule has 9 nitrogen and oxygen atoms in total. The number of aromatic amines is 2. The first kappa shape index (κ1) is 19.8. The van der Waals surface area contributed by atoms with E-state index in [1.165, 1.54) is 27.5 Å². The molecule has 0 fully saturated rings. The lowest BCUT2D eigenvalue weighted by molar-refractivity contribution is 0.324. The van der Waals surface area contributed by atoms with Gasteiger partial charge in [-0.25, -0.2) is 4.79 Å². The topological polar surface area (TPSA) is 111 Å². The Morgan fingerprint density at radius 1 is 0.967 bits per heavy atom. The Morgan fingerprint density at radius 2 is 1.67 bits per heavy atom. The van der Waals surface area contributed by atoms with Crippen LogP contribution in [0.2, 0.25) is 0 Å². The molecule has 2 heterocycles. The molecule has 0 atom stereocenters. The molecule has 30 heavy (non-hydrogen) atoms. The minimum Gasteiger partial charge on any atom is -0.493 e. The second-order valence-corrected chi connectivity index (χ2v) is 7.23. The van der Waals surface area contributed by atoms with Gasteiger partial charge in [0.1, 0.15) is 5.52 Å². The predicted octanol–water partition coefficient (Wildman–Crippen LogP) is 2.84. The molecule has 0 unspecified atom stereocenters. The molecule has 4 rings (SSSR count). The minimum absolute atomic E-state index is 0.254. The molecule has 154 valence electrons. The first-order valence-corrected chi connectivity index (χ1v) is 9.56. The van der Waals surface area contributed by atoms with Crippen molar-refractivity contribution in [1.29, 1.82) is 0 Å². The summed E-state index contributed by atoms with van der Waals surface area (Å²) >= 11 is 3.40. The van der Waals surface area contributed by atoms with Gasteiger partial charge in [-0.3, -0.25) is 4.79 Å². The lowest BCUT2D eigenvalue weighted by Crippen LogP contribution is -2.32. The fourth-order valence-electron chi connectivity index (χ4n) is 3.22. The summed E-state index contributed by atoms with van der Waals surface area (Å²) in [6.07, 6.45) is 1.37. The van der Waals surface area contributed by atoms with E-state index in [0.717, 1.165) is 20.1 Å². The Bertz CT molecular complexity index is 1390. The molecule has 0 aliphatic heterocycles. The van der Waals surface area contributed by atoms with Crippen LogP contribution in [0.4, 0.5) is 0 Å². The van der Waals surface area contributed by atoms with Crippen LogP contribution in [-0.2, 0) is 0 Å². The van der Waals surface area contributed by atoms with Gasteiger partial charge in [0, 0.05) is 20.9 Å². The Labute approximate surface area is 178 Å². The summed E-state index contributed by atoms with van der Waals surface area (Å²) in [5.41, 5.74) is 0.746. The van der Waals surface area contributed by atoms with Crippen molar-refractivity contribution in [2.75, 3.05) is 21.3 Å². The third-order valence-electron chi connectivity index (χ3n) is 4.60. The number of halogens is 1. The molecule has 10 heteroatoms. The van der Waals surface area contributed by atoms with Gasteiger partial charge in [0.05, 0.1) is 33.1 Å². The van der Waals surface area contributed by atoms with Crippen LogP contribution in [-0.4, -0.2) is 42.2 Å². The van der Waals surface area contributed by atoms with E-state index in [1.54, 1.807) is 12.1 Å². The number of fused-ring (bicyclic) bond motifs is 3. The van der Waals surface area contributed by atoms with Gasteiger partial charge in [-0.15, -0.1) is 4.68 Å². The zero-order chi connectivity index (χ0) is 21.4. The third-order valence-corrected chi connectivity index (χ3v) is 5.09. The molecular formula is C20H17BrN4O5. The van der Waals surface area contributed by atoms with Crippen molar-refractivity contribution in [1.82, 2.24) is 14.6 Å². The lowest BCUT2D eigenvalue weighted by atomic mass is 10.2. The summed E-state index contributed by atoms with van der Waals surface area (Å²) < 4.78 is 17.5. The average molecular weight is 473 g/mol.